The van der Waals surface area contributed by atoms with Crippen molar-refractivity contribution in [1.29, 1.82) is 0 Å². The Bertz CT molecular complexity index is 271. The van der Waals surface area contributed by atoms with Crippen LogP contribution in [0.2, 0.25) is 0 Å². The Morgan fingerprint density at radius 1 is 1.29 bits per heavy atom. The molecule has 1 saturated heterocycles. The third-order valence-electron chi connectivity index (χ3n) is 2.92. The van der Waals surface area contributed by atoms with Gasteiger partial charge in [-0.15, -0.1) is 0 Å². The van der Waals surface area contributed by atoms with E-state index in [0.717, 1.165) is 12.8 Å². The molecule has 100 valence electrons. The quantitative estimate of drug-likeness (QED) is 0.816. The van der Waals surface area contributed by atoms with Crippen molar-refractivity contribution >= 4 is 5.91 Å². The monoisotopic (exact) mass is 242 g/mol. The number of hydrogen-bond acceptors (Lipinski definition) is 3. The molecule has 0 bridgehead atoms. The van der Waals surface area contributed by atoms with Gasteiger partial charge in [0, 0.05) is 13.1 Å². The van der Waals surface area contributed by atoms with E-state index in [1.165, 1.54) is 0 Å². The first-order valence-electron chi connectivity index (χ1n) is 6.41. The highest BCUT2D eigenvalue weighted by Gasteiger charge is 2.40. The van der Waals surface area contributed by atoms with Gasteiger partial charge in [0.15, 0.2) is 0 Å². The van der Waals surface area contributed by atoms with Crippen LogP contribution in [0.3, 0.4) is 0 Å². The van der Waals surface area contributed by atoms with E-state index in [2.05, 4.69) is 0 Å². The highest BCUT2D eigenvalue weighted by Crippen LogP contribution is 2.28. The summed E-state index contributed by atoms with van der Waals surface area (Å²) in [6.45, 7) is 11.3. The molecule has 1 amide bonds. The van der Waals surface area contributed by atoms with Crippen molar-refractivity contribution in [2.75, 3.05) is 13.1 Å². The molecule has 4 nitrogen and oxygen atoms in total. The predicted molar refractivity (Wildman–Crippen MR) is 68.7 cm³/mol. The van der Waals surface area contributed by atoms with Crippen LogP contribution in [0.15, 0.2) is 0 Å². The Labute approximate surface area is 104 Å². The first-order chi connectivity index (χ1) is 7.67. The molecule has 1 atom stereocenters. The van der Waals surface area contributed by atoms with Gasteiger partial charge in [0.05, 0.1) is 17.2 Å². The van der Waals surface area contributed by atoms with E-state index < -0.39 is 0 Å². The molecule has 1 aliphatic heterocycles. The lowest BCUT2D eigenvalue weighted by Gasteiger charge is -2.47. The van der Waals surface area contributed by atoms with E-state index >= 15 is 0 Å². The number of hydrogen-bond donors (Lipinski definition) is 1. The minimum atomic E-state index is -0.371. The van der Waals surface area contributed by atoms with Gasteiger partial charge in [0.2, 0.25) is 5.91 Å². The molecule has 17 heavy (non-hydrogen) atoms. The maximum Gasteiger partial charge on any atom is 0.239 e. The van der Waals surface area contributed by atoms with Crippen molar-refractivity contribution in [3.05, 3.63) is 0 Å². The summed E-state index contributed by atoms with van der Waals surface area (Å²) in [5.41, 5.74) is 5.30. The van der Waals surface area contributed by atoms with Crippen LogP contribution in [0.25, 0.3) is 0 Å². The maximum atomic E-state index is 12.2. The van der Waals surface area contributed by atoms with E-state index in [4.69, 9.17) is 10.5 Å². The fraction of sp³-hybridized carbons (Fsp3) is 0.923. The van der Waals surface area contributed by atoms with Crippen LogP contribution >= 0.6 is 0 Å². The second-order valence-corrected chi connectivity index (χ2v) is 6.21. The number of nitrogens with zero attached hydrogens (tertiary/aromatic N) is 1. The Hall–Kier alpha value is -0.610. The number of carbonyl (C=O) groups is 1. The van der Waals surface area contributed by atoms with Gasteiger partial charge in [-0.1, -0.05) is 13.3 Å². The van der Waals surface area contributed by atoms with Crippen LogP contribution in [0.4, 0.5) is 0 Å². The third-order valence-corrected chi connectivity index (χ3v) is 2.92. The van der Waals surface area contributed by atoms with Crippen LogP contribution < -0.4 is 5.73 Å². The van der Waals surface area contributed by atoms with E-state index in [0.29, 0.717) is 13.1 Å². The lowest BCUT2D eigenvalue weighted by atomic mass is 9.98. The molecule has 0 aromatic carbocycles. The number of amides is 1. The van der Waals surface area contributed by atoms with Gasteiger partial charge in [-0.05, 0) is 34.1 Å². The number of nitrogens with two attached hydrogens (primary N) is 1. The van der Waals surface area contributed by atoms with E-state index in [9.17, 15) is 4.79 Å². The highest BCUT2D eigenvalue weighted by atomic mass is 16.5. The second-order valence-electron chi connectivity index (χ2n) is 6.21. The molecule has 2 N–H and O–H groups in total. The molecule has 1 aliphatic rings. The maximum absolute atomic E-state index is 12.2. The number of morpholine rings is 1. The Balaban J connectivity index is 2.74. The lowest BCUT2D eigenvalue weighted by Crippen LogP contribution is -2.61. The van der Waals surface area contributed by atoms with E-state index in [1.54, 1.807) is 0 Å². The topological polar surface area (TPSA) is 55.6 Å². The molecule has 0 aromatic heterocycles. The molecule has 0 aromatic rings. The summed E-state index contributed by atoms with van der Waals surface area (Å²) in [6, 6.07) is -0.371. The predicted octanol–water partition coefficient (Wildman–Crippen LogP) is 1.53. The number of rotatable bonds is 3. The molecule has 0 unspecified atom stereocenters. The zero-order valence-corrected chi connectivity index (χ0v) is 11.7. The first-order valence-corrected chi connectivity index (χ1v) is 6.41. The van der Waals surface area contributed by atoms with Gasteiger partial charge < -0.3 is 15.4 Å². The summed E-state index contributed by atoms with van der Waals surface area (Å²) >= 11 is 0. The van der Waals surface area contributed by atoms with Crippen LogP contribution in [-0.2, 0) is 9.53 Å². The van der Waals surface area contributed by atoms with Gasteiger partial charge in [0.1, 0.15) is 0 Å². The molecule has 1 heterocycles. The SMILES string of the molecule is CCC[C@H](N)C(=O)N1CC(C)(C)OC(C)(C)C1. The summed E-state index contributed by atoms with van der Waals surface area (Å²) < 4.78 is 5.95. The molecule has 0 spiro atoms. The number of carbonyl (C=O) groups excluding carboxylic acids is 1. The molecular formula is C13H26N2O2. The minimum absolute atomic E-state index is 0.0521. The standard InChI is InChI=1S/C13H26N2O2/c1-6-7-10(14)11(16)15-8-12(2,3)17-13(4,5)9-15/h10H,6-9,14H2,1-5H3/t10-/m0/s1. The lowest BCUT2D eigenvalue weighted by molar-refractivity contribution is -0.188. The molecule has 0 radical (unpaired) electrons. The average molecular weight is 242 g/mol. The minimum Gasteiger partial charge on any atom is -0.366 e. The zero-order valence-electron chi connectivity index (χ0n) is 11.7. The van der Waals surface area contributed by atoms with Crippen LogP contribution in [0.1, 0.15) is 47.5 Å². The largest absolute Gasteiger partial charge is 0.366 e. The van der Waals surface area contributed by atoms with E-state index in [-0.39, 0.29) is 23.2 Å². The van der Waals surface area contributed by atoms with Crippen LogP contribution in [0, 0.1) is 0 Å². The van der Waals surface area contributed by atoms with Gasteiger partial charge in [-0.2, -0.15) is 0 Å². The third kappa shape index (κ3) is 3.96. The zero-order chi connectivity index (χ0) is 13.3. The first kappa shape index (κ1) is 14.5. The number of ether oxygens (including phenoxy) is 1. The fourth-order valence-electron chi connectivity index (χ4n) is 2.61. The Morgan fingerprint density at radius 2 is 1.76 bits per heavy atom. The second kappa shape index (κ2) is 4.94. The normalized spacial score (nSPS) is 24.5. The Kier molecular flexibility index (Phi) is 4.20. The molecule has 1 fully saturated rings. The smallest absolute Gasteiger partial charge is 0.239 e. The summed E-state index contributed by atoms with van der Waals surface area (Å²) in [5.74, 6) is 0.0521. The molecule has 0 aliphatic carbocycles. The fourth-order valence-corrected chi connectivity index (χ4v) is 2.61. The van der Waals surface area contributed by atoms with Crippen molar-refractivity contribution in [3.8, 4) is 0 Å². The van der Waals surface area contributed by atoms with Crippen molar-refractivity contribution in [1.82, 2.24) is 4.90 Å². The highest BCUT2D eigenvalue weighted by molar-refractivity contribution is 5.81. The van der Waals surface area contributed by atoms with Gasteiger partial charge >= 0.3 is 0 Å². The van der Waals surface area contributed by atoms with Crippen LogP contribution in [-0.4, -0.2) is 41.1 Å². The molecule has 0 saturated carbocycles. The molecular weight excluding hydrogens is 216 g/mol. The van der Waals surface area contributed by atoms with Crippen LogP contribution in [0.5, 0.6) is 0 Å². The van der Waals surface area contributed by atoms with Gasteiger partial charge in [0.25, 0.3) is 0 Å². The summed E-state index contributed by atoms with van der Waals surface area (Å²) in [4.78, 5) is 14.1. The van der Waals surface area contributed by atoms with Crippen molar-refractivity contribution in [3.63, 3.8) is 0 Å². The van der Waals surface area contributed by atoms with Crippen molar-refractivity contribution < 1.29 is 9.53 Å². The molecule has 1 rings (SSSR count). The summed E-state index contributed by atoms with van der Waals surface area (Å²) in [6.07, 6.45) is 1.68. The van der Waals surface area contributed by atoms with Gasteiger partial charge in [-0.25, -0.2) is 0 Å². The summed E-state index contributed by atoms with van der Waals surface area (Å²) in [7, 11) is 0. The summed E-state index contributed by atoms with van der Waals surface area (Å²) in [5, 5.41) is 0. The van der Waals surface area contributed by atoms with E-state index in [1.807, 2.05) is 39.5 Å². The van der Waals surface area contributed by atoms with Crippen molar-refractivity contribution in [2.45, 2.75) is 64.7 Å². The van der Waals surface area contributed by atoms with Crippen molar-refractivity contribution in [2.24, 2.45) is 5.73 Å². The van der Waals surface area contributed by atoms with Gasteiger partial charge in [-0.3, -0.25) is 4.79 Å². The Morgan fingerprint density at radius 3 is 2.18 bits per heavy atom. The molecule has 4 heteroatoms. The average Bonchev–Trinajstić information content (AvgIpc) is 2.12.